The number of thioether (sulfide) groups is 1. The minimum atomic E-state index is -3.26. The van der Waals surface area contributed by atoms with Gasteiger partial charge in [0.15, 0.2) is 0 Å². The normalized spacial score (nSPS) is 15.2. The van der Waals surface area contributed by atoms with Gasteiger partial charge in [-0.1, -0.05) is 39.7 Å². The summed E-state index contributed by atoms with van der Waals surface area (Å²) in [5.41, 5.74) is 4.61. The lowest BCUT2D eigenvalue weighted by atomic mass is 10.2. The summed E-state index contributed by atoms with van der Waals surface area (Å²) in [6, 6.07) is -0.562. The number of hydrogen-bond donors (Lipinski definition) is 3. The van der Waals surface area contributed by atoms with Crippen molar-refractivity contribution < 1.29 is 37.1 Å². The van der Waals surface area contributed by atoms with Gasteiger partial charge in [-0.15, -0.1) is 32.3 Å². The van der Waals surface area contributed by atoms with E-state index in [1.54, 1.807) is 25.5 Å². The van der Waals surface area contributed by atoms with Crippen LogP contribution in [0.3, 0.4) is 0 Å². The number of nitrogens with one attached hydrogen (secondary N) is 2. The highest BCUT2D eigenvalue weighted by molar-refractivity contribution is 7.98. The van der Waals surface area contributed by atoms with Crippen LogP contribution in [-0.4, -0.2) is 86.4 Å². The average molecular weight is 705 g/mol. The van der Waals surface area contributed by atoms with E-state index < -0.39 is 33.7 Å². The number of primary amides is 1. The van der Waals surface area contributed by atoms with Crippen molar-refractivity contribution in [2.24, 2.45) is 11.7 Å². The Morgan fingerprint density at radius 1 is 1.04 bits per heavy atom. The molecular weight excluding hydrogens is 645 g/mol. The van der Waals surface area contributed by atoms with Crippen molar-refractivity contribution in [3.05, 3.63) is 12.7 Å². The molecule has 1 saturated heterocycles. The summed E-state index contributed by atoms with van der Waals surface area (Å²) >= 11 is 1.89. The first-order chi connectivity index (χ1) is 22.2. The van der Waals surface area contributed by atoms with Crippen LogP contribution in [0.4, 0.5) is 4.79 Å². The van der Waals surface area contributed by atoms with Crippen molar-refractivity contribution in [1.29, 1.82) is 0 Å². The van der Waals surface area contributed by atoms with Gasteiger partial charge in [-0.25, -0.2) is 13.2 Å². The zero-order valence-electron chi connectivity index (χ0n) is 29.5. The number of hydrogen-bond acceptors (Lipinski definition) is 9. The van der Waals surface area contributed by atoms with Crippen LogP contribution < -0.4 is 15.8 Å². The number of nitrogens with zero attached hydrogens (tertiary/aromatic N) is 1. The van der Waals surface area contributed by atoms with Gasteiger partial charge in [0.25, 0.3) is 0 Å². The van der Waals surface area contributed by atoms with Crippen LogP contribution in [0.15, 0.2) is 12.7 Å². The van der Waals surface area contributed by atoms with Gasteiger partial charge in [-0.05, 0) is 77.2 Å². The van der Waals surface area contributed by atoms with Gasteiger partial charge in [0.1, 0.15) is 25.0 Å². The molecule has 0 bridgehead atoms. The zero-order valence-corrected chi connectivity index (χ0v) is 31.1. The summed E-state index contributed by atoms with van der Waals surface area (Å²) in [6.45, 7) is 17.4. The maximum atomic E-state index is 11.9. The third-order valence-corrected chi connectivity index (χ3v) is 7.95. The van der Waals surface area contributed by atoms with Crippen LogP contribution in [0, 0.1) is 31.6 Å². The van der Waals surface area contributed by atoms with Crippen LogP contribution in [0.2, 0.25) is 0 Å². The summed E-state index contributed by atoms with van der Waals surface area (Å²) in [5.74, 6) is 1.52. The number of ether oxygens (including phenoxy) is 1. The van der Waals surface area contributed by atoms with Crippen LogP contribution in [-0.2, 0) is 33.9 Å². The second-order valence-electron chi connectivity index (χ2n) is 10.6. The van der Waals surface area contributed by atoms with Gasteiger partial charge in [0.05, 0.1) is 5.25 Å². The first-order valence-corrected chi connectivity index (χ1v) is 18.2. The van der Waals surface area contributed by atoms with Gasteiger partial charge >= 0.3 is 6.09 Å². The number of rotatable bonds is 10. The van der Waals surface area contributed by atoms with E-state index in [9.17, 15) is 27.6 Å². The predicted molar refractivity (Wildman–Crippen MR) is 194 cm³/mol. The molecule has 272 valence electrons. The smallest absolute Gasteiger partial charge is 0.408 e. The first kappa shape index (κ1) is 53.0. The molecule has 3 aliphatic rings. The summed E-state index contributed by atoms with van der Waals surface area (Å²) in [6.07, 6.45) is 27.8. The highest BCUT2D eigenvalue weighted by atomic mass is 32.2. The highest BCUT2D eigenvalue weighted by Gasteiger charge is 2.35. The summed E-state index contributed by atoms with van der Waals surface area (Å²) in [5, 5.41) is 2.07. The van der Waals surface area contributed by atoms with E-state index in [1.165, 1.54) is 36.3 Å². The minimum Gasteiger partial charge on any atom is -0.444 e. The molecule has 12 nitrogen and oxygen atoms in total. The van der Waals surface area contributed by atoms with Gasteiger partial charge in [0, 0.05) is 6.54 Å². The van der Waals surface area contributed by atoms with Crippen molar-refractivity contribution in [1.82, 2.24) is 14.9 Å². The molecule has 0 aromatic rings. The number of allylic oxidation sites excluding steroid dienone is 1. The molecule has 14 heteroatoms. The lowest BCUT2D eigenvalue weighted by Gasteiger charge is -2.23. The second-order valence-corrected chi connectivity index (χ2v) is 13.6. The largest absolute Gasteiger partial charge is 0.444 e. The van der Waals surface area contributed by atoms with Gasteiger partial charge in [-0.3, -0.25) is 19.1 Å². The fourth-order valence-corrected chi connectivity index (χ4v) is 4.54. The molecule has 1 aliphatic heterocycles. The molecule has 1 heterocycles. The van der Waals surface area contributed by atoms with Gasteiger partial charge in [-0.2, -0.15) is 11.8 Å². The van der Waals surface area contributed by atoms with Crippen LogP contribution in [0.5, 0.6) is 0 Å². The maximum Gasteiger partial charge on any atom is 0.408 e. The maximum absolute atomic E-state index is 11.9. The molecule has 0 aromatic carbocycles. The average Bonchev–Trinajstić information content (AvgIpc) is 3.99. The van der Waals surface area contributed by atoms with E-state index in [0.29, 0.717) is 25.8 Å². The molecule has 47 heavy (non-hydrogen) atoms. The van der Waals surface area contributed by atoms with E-state index in [4.69, 9.17) is 15.3 Å². The van der Waals surface area contributed by atoms with E-state index in [0.717, 1.165) is 12.3 Å². The standard InChI is InChI=1S/C12H21N3O4.C6H12S.C4H7NO3S.C4H8.C2H6.2C2H2.CH2O/c1-12(2,3)19-11(18)14-7-9(16)15-6-4-5-8(15)10(13)17;1-3-4-5-6-7-2;6-3-5-9(7,8)4-1-2-4;1-4-2-3-4;4*1-2/h8H,4-7H2,1-3H3,(H2,13,17)(H,14,18);3H,1,4-6H2,2H3;3-4H,1-2H2,(H,5,6);4H,2-3H2,1H3;1-2H3;2*1-2H;1H2/t8-;;;;;;;/m0......./s1. The SMILES string of the molecule is C#C.C#C.C=CCCCSC.C=O.CC.CC(C)(C)OC(=O)NCC(=O)N1CCC[C@H]1C(N)=O.CC1CC1.O=CNS(=O)(=O)C1CC1. The number of likely N-dealkylation sites (tertiary alicyclic amines) is 1. The number of carbonyl (C=O) groups excluding carboxylic acids is 5. The van der Waals surface area contributed by atoms with E-state index in [2.05, 4.69) is 50.8 Å². The molecular formula is C33H60N4O8S2. The Morgan fingerprint density at radius 3 is 1.87 bits per heavy atom. The molecule has 4 amide bonds. The number of alkyl carbamates (subject to hydrolysis) is 1. The Kier molecular flexibility index (Phi) is 38.2. The predicted octanol–water partition coefficient (Wildman–Crippen LogP) is 4.28. The molecule has 0 aromatic heterocycles. The first-order valence-electron chi connectivity index (χ1n) is 15.2. The Hall–Kier alpha value is -3.49. The van der Waals surface area contributed by atoms with Crippen molar-refractivity contribution in [2.75, 3.05) is 25.1 Å². The number of sulfonamides is 1. The Morgan fingerprint density at radius 2 is 1.53 bits per heavy atom. The molecule has 1 atom stereocenters. The van der Waals surface area contributed by atoms with Crippen LogP contribution in [0.25, 0.3) is 0 Å². The number of carbonyl (C=O) groups is 5. The summed E-state index contributed by atoms with van der Waals surface area (Å²) < 4.78 is 28.1. The van der Waals surface area contributed by atoms with Gasteiger partial charge < -0.3 is 25.5 Å². The fraction of sp³-hybridized carbons (Fsp3) is 0.667. The molecule has 0 spiro atoms. The number of unbranched alkanes of at least 4 members (excludes halogenated alkanes) is 1. The topological polar surface area (TPSA) is 182 Å². The van der Waals surface area contributed by atoms with Crippen molar-refractivity contribution in [2.45, 2.75) is 110 Å². The molecule has 0 unspecified atom stereocenters. The molecule has 0 radical (unpaired) electrons. The van der Waals surface area contributed by atoms with E-state index >= 15 is 0 Å². The Balaban J connectivity index is -0.000000175. The molecule has 3 fully saturated rings. The van der Waals surface area contributed by atoms with Gasteiger partial charge in [0.2, 0.25) is 28.2 Å². The van der Waals surface area contributed by atoms with Crippen LogP contribution >= 0.6 is 11.8 Å². The van der Waals surface area contributed by atoms with Crippen molar-refractivity contribution in [3.63, 3.8) is 0 Å². The lowest BCUT2D eigenvalue weighted by molar-refractivity contribution is -0.136. The molecule has 2 aliphatic carbocycles. The number of nitrogens with two attached hydrogens (primary N) is 1. The highest BCUT2D eigenvalue weighted by Crippen LogP contribution is 2.27. The zero-order chi connectivity index (χ0) is 38.1. The lowest BCUT2D eigenvalue weighted by Crippen LogP contribution is -2.48. The van der Waals surface area contributed by atoms with Crippen molar-refractivity contribution in [3.8, 4) is 25.7 Å². The van der Waals surface area contributed by atoms with E-state index in [-0.39, 0.29) is 24.1 Å². The third kappa shape index (κ3) is 35.2. The second kappa shape index (κ2) is 33.9. The molecule has 4 N–H and O–H groups in total. The van der Waals surface area contributed by atoms with Crippen LogP contribution in [0.1, 0.15) is 92.9 Å². The number of terminal acetylenes is 2. The summed E-state index contributed by atoms with van der Waals surface area (Å²) in [7, 11) is -3.26. The monoisotopic (exact) mass is 704 g/mol. The third-order valence-electron chi connectivity index (χ3n) is 5.48. The molecule has 3 rings (SSSR count). The fourth-order valence-electron chi connectivity index (χ4n) is 3.00. The summed E-state index contributed by atoms with van der Waals surface area (Å²) in [4.78, 5) is 53.5. The molecule has 2 saturated carbocycles. The quantitative estimate of drug-likeness (QED) is 0.129. The Labute approximate surface area is 289 Å². The Bertz CT molecular complexity index is 982. The minimum absolute atomic E-state index is 0.196. The van der Waals surface area contributed by atoms with E-state index in [1.807, 2.05) is 38.5 Å². The van der Waals surface area contributed by atoms with Crippen molar-refractivity contribution >= 4 is 52.9 Å². The number of amides is 4.